The van der Waals surface area contributed by atoms with Gasteiger partial charge in [-0.3, -0.25) is 53.1 Å². The molecule has 3 saturated carbocycles. The molecule has 14 heteroatoms. The van der Waals surface area contributed by atoms with E-state index in [1.54, 1.807) is 68.5 Å². The number of nitrogens with zero attached hydrogens (tertiary/aromatic N) is 4. The molecule has 0 aromatic heterocycles. The Kier molecular flexibility index (Phi) is 14.4. The molecule has 0 spiro atoms. The number of anilines is 2. The third-order valence-corrected chi connectivity index (χ3v) is 16.9. The summed E-state index contributed by atoms with van der Waals surface area (Å²) in [5, 5.41) is 0. The fourth-order valence-electron chi connectivity index (χ4n) is 12.7. The highest BCUT2D eigenvalue weighted by Crippen LogP contribution is 2.57. The third kappa shape index (κ3) is 9.61. The van der Waals surface area contributed by atoms with Crippen LogP contribution in [-0.4, -0.2) is 71.2 Å². The molecule has 4 aliphatic heterocycles. The van der Waals surface area contributed by atoms with Crippen LogP contribution in [0.25, 0.3) is 22.3 Å². The van der Waals surface area contributed by atoms with Crippen molar-refractivity contribution in [1.29, 1.82) is 0 Å². The number of benzene rings is 6. The van der Waals surface area contributed by atoms with Gasteiger partial charge >= 0.3 is 0 Å². The fourth-order valence-corrected chi connectivity index (χ4v) is 12.7. The van der Waals surface area contributed by atoms with E-state index in [1.165, 1.54) is 76.9 Å². The van der Waals surface area contributed by atoms with Crippen LogP contribution in [0.4, 0.5) is 11.4 Å². The Morgan fingerprint density at radius 1 is 0.354 bits per heavy atom. The number of hydrogen-bond acceptors (Lipinski definition) is 10. The molecule has 4 unspecified atom stereocenters. The second kappa shape index (κ2) is 21.7. The zero-order valence-electron chi connectivity index (χ0n) is 44.8. The number of likely N-dealkylation sites (tertiary alicyclic amines) is 1. The molecule has 4 heterocycles. The summed E-state index contributed by atoms with van der Waals surface area (Å²) in [5.74, 6) is -2.55. The van der Waals surface area contributed by atoms with E-state index in [2.05, 4.69) is 0 Å². The largest absolute Gasteiger partial charge is 0.457 e. The number of imide groups is 4. The first-order valence-electron chi connectivity index (χ1n) is 27.8. The van der Waals surface area contributed by atoms with Gasteiger partial charge in [-0.15, -0.1) is 0 Å². The van der Waals surface area contributed by atoms with Crippen molar-refractivity contribution in [2.24, 2.45) is 35.5 Å². The molecular weight excluding hydrogens is 997 g/mol. The number of carbonyl (C=O) groups is 8. The average molecular weight is 1060 g/mol. The molecule has 13 rings (SSSR count). The van der Waals surface area contributed by atoms with E-state index in [-0.39, 0.29) is 33.9 Å². The number of hydrogen-bond donors (Lipinski definition) is 0. The van der Waals surface area contributed by atoms with Crippen LogP contribution in [0.5, 0.6) is 23.0 Å². The van der Waals surface area contributed by atoms with Crippen molar-refractivity contribution in [3.63, 3.8) is 0 Å². The molecule has 0 N–H and O–H groups in total. The van der Waals surface area contributed by atoms with Gasteiger partial charge in [0.25, 0.3) is 23.6 Å². The van der Waals surface area contributed by atoms with Gasteiger partial charge in [0.05, 0.1) is 57.3 Å². The molecule has 0 bridgehead atoms. The van der Waals surface area contributed by atoms with Gasteiger partial charge in [0, 0.05) is 14.1 Å². The predicted octanol–water partition coefficient (Wildman–Crippen LogP) is 12.5. The topological polar surface area (TPSA) is 168 Å². The van der Waals surface area contributed by atoms with Gasteiger partial charge < -0.3 is 9.47 Å². The lowest BCUT2D eigenvalue weighted by atomic mass is 9.59. The van der Waals surface area contributed by atoms with Gasteiger partial charge in [-0.1, -0.05) is 127 Å². The first-order valence-corrected chi connectivity index (χ1v) is 27.8. The smallest absolute Gasteiger partial charge is 0.266 e. The van der Waals surface area contributed by atoms with Crippen LogP contribution in [0.15, 0.2) is 133 Å². The summed E-state index contributed by atoms with van der Waals surface area (Å²) in [5.41, 5.74) is 5.18. The lowest BCUT2D eigenvalue weighted by molar-refractivity contribution is -0.146. The molecule has 7 aliphatic rings. The van der Waals surface area contributed by atoms with Crippen molar-refractivity contribution in [3.8, 4) is 45.3 Å². The molecule has 3 aliphatic carbocycles. The maximum absolute atomic E-state index is 13.6. The summed E-state index contributed by atoms with van der Waals surface area (Å²) in [4.78, 5) is 108. The van der Waals surface area contributed by atoms with Crippen molar-refractivity contribution >= 4 is 58.6 Å². The summed E-state index contributed by atoms with van der Waals surface area (Å²) >= 11 is 0. The number of ether oxygens (including phenoxy) is 2. The minimum Gasteiger partial charge on any atom is -0.457 e. The monoisotopic (exact) mass is 1060 g/mol. The Hall–Kier alpha value is -8.52. The highest BCUT2D eigenvalue weighted by molar-refractivity contribution is 6.34. The third-order valence-electron chi connectivity index (χ3n) is 16.9. The first kappa shape index (κ1) is 52.5. The molecule has 2 saturated heterocycles. The molecule has 402 valence electrons. The molecule has 5 fully saturated rings. The summed E-state index contributed by atoms with van der Waals surface area (Å²) in [6.07, 6.45) is 16.9. The number of carbonyl (C=O) groups excluding carboxylic acids is 8. The average Bonchev–Trinajstić information content (AvgIpc) is 4.16. The molecule has 8 amide bonds. The predicted molar refractivity (Wildman–Crippen MR) is 298 cm³/mol. The van der Waals surface area contributed by atoms with Gasteiger partial charge in [-0.2, -0.15) is 0 Å². The summed E-state index contributed by atoms with van der Waals surface area (Å²) in [6, 6.07) is 38.1. The lowest BCUT2D eigenvalue weighted by Crippen LogP contribution is -2.50. The van der Waals surface area contributed by atoms with Crippen LogP contribution in [0, 0.1) is 35.5 Å². The SMILES string of the molecule is C1CCC(CC2CCCCC2)CC1.CC.CN1C(=O)c2ccc(Oc3ccc4c(c3)C(=O)N(c3ccc(-c5ccc(Oc6ccc(-c7ccc(N8C(=O)C9C%10C(=O)N(C)C(=O)C%10C9C8=O)cc7)cc6)cc5)cc3)C4=O)cc2C1=O. The Morgan fingerprint density at radius 2 is 0.684 bits per heavy atom. The van der Waals surface area contributed by atoms with E-state index in [9.17, 15) is 38.4 Å². The molecule has 4 atom stereocenters. The number of amides is 8. The van der Waals surface area contributed by atoms with E-state index in [0.29, 0.717) is 28.6 Å². The van der Waals surface area contributed by atoms with Crippen molar-refractivity contribution in [3.05, 3.63) is 156 Å². The normalized spacial score (nSPS) is 21.5. The van der Waals surface area contributed by atoms with Crippen molar-refractivity contribution in [2.45, 2.75) is 84.5 Å². The molecule has 6 aromatic carbocycles. The fraction of sp³-hybridized carbons (Fsp3) is 0.323. The van der Waals surface area contributed by atoms with Gasteiger partial charge in [-0.05, 0) is 125 Å². The van der Waals surface area contributed by atoms with E-state index >= 15 is 0 Å². The van der Waals surface area contributed by atoms with Crippen LogP contribution in [0.1, 0.15) is 126 Å². The Labute approximate surface area is 459 Å². The highest BCUT2D eigenvalue weighted by atomic mass is 16.5. The minimum absolute atomic E-state index is 0.178. The second-order valence-corrected chi connectivity index (χ2v) is 21.5. The summed E-state index contributed by atoms with van der Waals surface area (Å²) in [6.45, 7) is 4.00. The van der Waals surface area contributed by atoms with Crippen LogP contribution in [0.2, 0.25) is 0 Å². The maximum atomic E-state index is 13.6. The van der Waals surface area contributed by atoms with Crippen LogP contribution in [-0.2, 0) is 19.2 Å². The quantitative estimate of drug-likeness (QED) is 0.120. The maximum Gasteiger partial charge on any atom is 0.266 e. The van der Waals surface area contributed by atoms with Crippen LogP contribution in [0.3, 0.4) is 0 Å². The van der Waals surface area contributed by atoms with Crippen molar-refractivity contribution in [2.75, 3.05) is 23.9 Å². The van der Waals surface area contributed by atoms with Gasteiger partial charge in [0.2, 0.25) is 23.6 Å². The Balaban J connectivity index is 0.000000383. The molecule has 14 nitrogen and oxygen atoms in total. The zero-order valence-corrected chi connectivity index (χ0v) is 44.8. The zero-order chi connectivity index (χ0) is 55.2. The minimum atomic E-state index is -0.798. The number of fused-ring (bicyclic) bond motifs is 6. The first-order chi connectivity index (χ1) is 38.3. The Morgan fingerprint density at radius 3 is 1.13 bits per heavy atom. The van der Waals surface area contributed by atoms with Crippen LogP contribution >= 0.6 is 0 Å². The van der Waals surface area contributed by atoms with Gasteiger partial charge in [-0.25, -0.2) is 4.90 Å². The second-order valence-electron chi connectivity index (χ2n) is 21.5. The van der Waals surface area contributed by atoms with Gasteiger partial charge in [0.15, 0.2) is 0 Å². The van der Waals surface area contributed by atoms with E-state index in [0.717, 1.165) is 53.7 Å². The lowest BCUT2D eigenvalue weighted by Gasteiger charge is -2.36. The van der Waals surface area contributed by atoms with Crippen molar-refractivity contribution in [1.82, 2.24) is 9.80 Å². The number of rotatable bonds is 10. The standard InChI is InChI=1S/C50H32N4O10.C13H24.C2H6/c1-51-43(55)35-21-19-33(23-37(35)44(51)56)64-34-20-22-36-38(24-34)46(58)53(45(36)57)29-11-3-25(4-12-29)27-7-15-31(16-8-27)63-32-17-9-28(10-18-32)26-5-13-30(14-6-26)54-49(61)41-39-40(42(41)50(54)62)48(60)52(2)47(39)59;1-3-7-12(8-4-1)11-13-9-5-2-6-10-13;1-2/h3-24,39-42H,1-2H3;12-13H,1-11H2;1-2H3. The van der Waals surface area contributed by atoms with Crippen molar-refractivity contribution < 1.29 is 47.8 Å². The van der Waals surface area contributed by atoms with E-state index < -0.39 is 65.0 Å². The van der Waals surface area contributed by atoms with E-state index in [1.807, 2.05) is 86.6 Å². The van der Waals surface area contributed by atoms with Crippen LogP contribution < -0.4 is 19.3 Å². The molecule has 0 radical (unpaired) electrons. The summed E-state index contributed by atoms with van der Waals surface area (Å²) < 4.78 is 12.0. The molecule has 6 aromatic rings. The summed E-state index contributed by atoms with van der Waals surface area (Å²) in [7, 11) is 2.80. The highest BCUT2D eigenvalue weighted by Gasteiger charge is 2.73. The molecule has 79 heavy (non-hydrogen) atoms. The Bertz CT molecular complexity index is 3360. The van der Waals surface area contributed by atoms with Gasteiger partial charge in [0.1, 0.15) is 23.0 Å². The molecular formula is C65H62N4O10. The van der Waals surface area contributed by atoms with E-state index in [4.69, 9.17) is 9.47 Å².